The summed E-state index contributed by atoms with van der Waals surface area (Å²) in [6, 6.07) is 10.0. The summed E-state index contributed by atoms with van der Waals surface area (Å²) in [7, 11) is 0. The Morgan fingerprint density at radius 2 is 1.95 bits per heavy atom. The summed E-state index contributed by atoms with van der Waals surface area (Å²) in [6.07, 6.45) is 0. The van der Waals surface area contributed by atoms with Crippen LogP contribution in [0.2, 0.25) is 0 Å². The van der Waals surface area contributed by atoms with Gasteiger partial charge in [0.25, 0.3) is 5.91 Å². The molecule has 110 valence electrons. The third-order valence-electron chi connectivity index (χ3n) is 4.12. The first-order valence-corrected chi connectivity index (χ1v) is 8.49. The summed E-state index contributed by atoms with van der Waals surface area (Å²) < 4.78 is 4.08. The summed E-state index contributed by atoms with van der Waals surface area (Å²) in [4.78, 5) is 14.8. The molecule has 0 N–H and O–H groups in total. The zero-order valence-electron chi connectivity index (χ0n) is 11.9. The van der Waals surface area contributed by atoms with E-state index in [1.165, 1.54) is 11.4 Å². The second-order valence-corrected chi connectivity index (χ2v) is 7.12. The fraction of sp³-hybridized carbons (Fsp3) is 0.312. The van der Waals surface area contributed by atoms with Crippen molar-refractivity contribution in [2.24, 2.45) is 0 Å². The van der Waals surface area contributed by atoms with E-state index in [9.17, 15) is 4.79 Å². The average molecular weight is 412 g/mol. The van der Waals surface area contributed by atoms with Gasteiger partial charge in [0.2, 0.25) is 0 Å². The maximum Gasteiger partial charge on any atom is 0.255 e. The molecule has 0 fully saturated rings. The van der Waals surface area contributed by atoms with Crippen LogP contribution in [0.15, 0.2) is 39.3 Å². The molecule has 0 aliphatic carbocycles. The summed E-state index contributed by atoms with van der Waals surface area (Å²) in [6.45, 7) is 5.80. The van der Waals surface area contributed by atoms with E-state index >= 15 is 0 Å². The Morgan fingerprint density at radius 3 is 2.67 bits per heavy atom. The van der Waals surface area contributed by atoms with Gasteiger partial charge in [-0.1, -0.05) is 15.9 Å². The number of halogens is 2. The lowest BCUT2D eigenvalue weighted by Gasteiger charge is -2.35. The average Bonchev–Trinajstić information content (AvgIpc) is 2.81. The van der Waals surface area contributed by atoms with E-state index in [0.717, 1.165) is 22.0 Å². The van der Waals surface area contributed by atoms with Gasteiger partial charge in [0.1, 0.15) is 0 Å². The van der Waals surface area contributed by atoms with Gasteiger partial charge in [-0.05, 0) is 60.1 Å². The molecular weight excluding hydrogens is 396 g/mol. The highest BCUT2D eigenvalue weighted by atomic mass is 79.9. The van der Waals surface area contributed by atoms with Crippen molar-refractivity contribution >= 4 is 37.8 Å². The summed E-state index contributed by atoms with van der Waals surface area (Å²) >= 11 is 6.91. The Labute approximate surface area is 141 Å². The van der Waals surface area contributed by atoms with Crippen LogP contribution in [0, 0.1) is 6.92 Å². The molecule has 0 spiro atoms. The highest BCUT2D eigenvalue weighted by molar-refractivity contribution is 9.11. The lowest BCUT2D eigenvalue weighted by molar-refractivity contribution is 0.0642. The minimum Gasteiger partial charge on any atom is -0.345 e. The number of amides is 1. The highest BCUT2D eigenvalue weighted by Gasteiger charge is 2.29. The summed E-state index contributed by atoms with van der Waals surface area (Å²) in [5.74, 6) is 0.0759. The molecule has 0 saturated carbocycles. The second kappa shape index (κ2) is 5.61. The Bertz CT molecular complexity index is 708. The quantitative estimate of drug-likeness (QED) is 0.676. The van der Waals surface area contributed by atoms with Crippen molar-refractivity contribution in [2.45, 2.75) is 26.4 Å². The number of aryl methyl sites for hydroxylation is 1. The van der Waals surface area contributed by atoms with Gasteiger partial charge in [0.15, 0.2) is 0 Å². The van der Waals surface area contributed by atoms with Gasteiger partial charge in [-0.2, -0.15) is 0 Å². The number of benzene rings is 1. The molecule has 21 heavy (non-hydrogen) atoms. The molecule has 0 saturated heterocycles. The van der Waals surface area contributed by atoms with Gasteiger partial charge in [-0.15, -0.1) is 0 Å². The summed E-state index contributed by atoms with van der Waals surface area (Å²) in [5.41, 5.74) is 3.18. The van der Waals surface area contributed by atoms with E-state index in [0.29, 0.717) is 5.56 Å². The van der Waals surface area contributed by atoms with E-state index < -0.39 is 0 Å². The molecule has 1 unspecified atom stereocenters. The predicted molar refractivity (Wildman–Crippen MR) is 90.5 cm³/mol. The van der Waals surface area contributed by atoms with E-state index in [-0.39, 0.29) is 11.9 Å². The molecule has 1 aliphatic rings. The molecule has 2 heterocycles. The van der Waals surface area contributed by atoms with Crippen molar-refractivity contribution in [1.29, 1.82) is 0 Å². The lowest BCUT2D eigenvalue weighted by Crippen LogP contribution is -2.41. The number of hydrogen-bond acceptors (Lipinski definition) is 1. The SMILES string of the molecule is Cc1ccc2n1CCN(C(=O)c1ccc(Br)cc1Br)C2C. The van der Waals surface area contributed by atoms with Gasteiger partial charge in [-0.3, -0.25) is 4.79 Å². The first-order chi connectivity index (χ1) is 9.99. The van der Waals surface area contributed by atoms with Gasteiger partial charge in [0, 0.05) is 33.4 Å². The molecule has 0 bridgehead atoms. The molecular formula is C16H16Br2N2O. The molecule has 0 radical (unpaired) electrons. The Morgan fingerprint density at radius 1 is 1.19 bits per heavy atom. The zero-order chi connectivity index (χ0) is 15.1. The van der Waals surface area contributed by atoms with Gasteiger partial charge >= 0.3 is 0 Å². The van der Waals surface area contributed by atoms with Crippen LogP contribution >= 0.6 is 31.9 Å². The molecule has 1 aliphatic heterocycles. The predicted octanol–water partition coefficient (Wildman–Crippen LogP) is 4.54. The van der Waals surface area contributed by atoms with E-state index in [2.05, 4.69) is 62.4 Å². The lowest BCUT2D eigenvalue weighted by atomic mass is 10.1. The number of nitrogens with zero attached hydrogens (tertiary/aromatic N) is 2. The van der Waals surface area contributed by atoms with Crippen LogP contribution in [0.5, 0.6) is 0 Å². The maximum atomic E-state index is 12.8. The monoisotopic (exact) mass is 410 g/mol. The molecule has 3 rings (SSSR count). The van der Waals surface area contributed by atoms with Crippen LogP contribution in [0.3, 0.4) is 0 Å². The first kappa shape index (κ1) is 14.9. The molecule has 1 aromatic carbocycles. The molecule has 1 amide bonds. The first-order valence-electron chi connectivity index (χ1n) is 6.91. The van der Waals surface area contributed by atoms with Crippen LogP contribution in [0.25, 0.3) is 0 Å². The smallest absolute Gasteiger partial charge is 0.255 e. The molecule has 2 aromatic rings. The maximum absolute atomic E-state index is 12.8. The number of carbonyl (C=O) groups is 1. The standard InChI is InChI=1S/C16H16Br2N2O/c1-10-3-6-15-11(2)20(8-7-19(10)15)16(21)13-5-4-12(17)9-14(13)18/h3-6,9,11H,7-8H2,1-2H3. The molecule has 1 atom stereocenters. The third-order valence-corrected chi connectivity index (χ3v) is 5.26. The van der Waals surface area contributed by atoms with Crippen molar-refractivity contribution in [3.05, 3.63) is 56.2 Å². The largest absolute Gasteiger partial charge is 0.345 e. The van der Waals surface area contributed by atoms with Crippen molar-refractivity contribution in [3.8, 4) is 0 Å². The van der Waals surface area contributed by atoms with Crippen LogP contribution < -0.4 is 0 Å². The van der Waals surface area contributed by atoms with Crippen LogP contribution in [-0.2, 0) is 6.54 Å². The van der Waals surface area contributed by atoms with Gasteiger partial charge < -0.3 is 9.47 Å². The Hall–Kier alpha value is -1.07. The fourth-order valence-corrected chi connectivity index (χ4v) is 4.13. The van der Waals surface area contributed by atoms with Crippen molar-refractivity contribution < 1.29 is 4.79 Å². The van der Waals surface area contributed by atoms with Crippen LogP contribution in [-0.4, -0.2) is 21.9 Å². The van der Waals surface area contributed by atoms with Crippen molar-refractivity contribution in [3.63, 3.8) is 0 Å². The number of carbonyl (C=O) groups excluding carboxylic acids is 1. The van der Waals surface area contributed by atoms with E-state index in [1.54, 1.807) is 0 Å². The summed E-state index contributed by atoms with van der Waals surface area (Å²) in [5, 5.41) is 0. The van der Waals surface area contributed by atoms with Crippen molar-refractivity contribution in [2.75, 3.05) is 6.54 Å². The van der Waals surface area contributed by atoms with Crippen LogP contribution in [0.1, 0.15) is 34.7 Å². The number of fused-ring (bicyclic) bond motifs is 1. The zero-order valence-corrected chi connectivity index (χ0v) is 15.1. The fourth-order valence-electron chi connectivity index (χ4n) is 2.92. The van der Waals surface area contributed by atoms with Crippen LogP contribution in [0.4, 0.5) is 0 Å². The van der Waals surface area contributed by atoms with E-state index in [4.69, 9.17) is 0 Å². The minimum atomic E-state index is 0.0759. The van der Waals surface area contributed by atoms with Gasteiger partial charge in [-0.25, -0.2) is 0 Å². The molecule has 5 heteroatoms. The highest BCUT2D eigenvalue weighted by Crippen LogP contribution is 2.30. The van der Waals surface area contributed by atoms with E-state index in [1.807, 2.05) is 23.1 Å². The molecule has 3 nitrogen and oxygen atoms in total. The number of hydrogen-bond donors (Lipinski definition) is 0. The third kappa shape index (κ3) is 2.57. The van der Waals surface area contributed by atoms with Crippen molar-refractivity contribution in [1.82, 2.24) is 9.47 Å². The Balaban J connectivity index is 1.93. The topological polar surface area (TPSA) is 25.2 Å². The number of aromatic nitrogens is 1. The molecule has 1 aromatic heterocycles. The minimum absolute atomic E-state index is 0.0759. The second-order valence-electron chi connectivity index (χ2n) is 5.35. The van der Waals surface area contributed by atoms with Gasteiger partial charge in [0.05, 0.1) is 11.6 Å². The Kier molecular flexibility index (Phi) is 3.97. The normalized spacial score (nSPS) is 17.7. The number of rotatable bonds is 1.